The van der Waals surface area contributed by atoms with Crippen LogP contribution in [0.2, 0.25) is 0 Å². The summed E-state index contributed by atoms with van der Waals surface area (Å²) in [5.74, 6) is 0.397. The zero-order valence-corrected chi connectivity index (χ0v) is 7.64. The minimum Gasteiger partial charge on any atom is -0.330 e. The molecule has 0 aliphatic carbocycles. The second-order valence-corrected chi connectivity index (χ2v) is 3.30. The predicted octanol–water partition coefficient (Wildman–Crippen LogP) is 1.40. The van der Waals surface area contributed by atoms with E-state index in [-0.39, 0.29) is 0 Å². The van der Waals surface area contributed by atoms with Crippen molar-refractivity contribution in [2.24, 2.45) is 5.73 Å². The van der Waals surface area contributed by atoms with Crippen LogP contribution in [0.3, 0.4) is 0 Å². The maximum absolute atomic E-state index is 5.59. The van der Waals surface area contributed by atoms with Gasteiger partial charge in [0.2, 0.25) is 0 Å². The van der Waals surface area contributed by atoms with Gasteiger partial charge in [-0.2, -0.15) is 5.10 Å². The van der Waals surface area contributed by atoms with Crippen molar-refractivity contribution in [3.63, 3.8) is 0 Å². The Morgan fingerprint density at radius 1 is 1.46 bits per heavy atom. The molecule has 0 saturated carbocycles. The Balaban J connectivity index is 2.48. The Hall–Kier alpha value is -1.35. The minimum atomic E-state index is 0.397. The molecule has 0 bridgehead atoms. The summed E-state index contributed by atoms with van der Waals surface area (Å²) < 4.78 is 1.88. The average Bonchev–Trinajstić information content (AvgIpc) is 2.63. The van der Waals surface area contributed by atoms with Crippen molar-refractivity contribution in [2.45, 2.75) is 12.8 Å². The van der Waals surface area contributed by atoms with Gasteiger partial charge in [-0.05, 0) is 30.2 Å². The van der Waals surface area contributed by atoms with Gasteiger partial charge in [0.25, 0.3) is 0 Å². The topological polar surface area (TPSA) is 43.3 Å². The lowest BCUT2D eigenvalue weighted by molar-refractivity contribution is 0.761. The standard InChI is InChI=1S/C10H13N3/c1-8(6-11)9-2-3-10-4-5-12-13(10)7-9/h2-5,7-8H,6,11H2,1H3. The van der Waals surface area contributed by atoms with Crippen molar-refractivity contribution in [2.75, 3.05) is 6.54 Å². The number of nitrogens with zero attached hydrogens (tertiary/aromatic N) is 2. The molecule has 2 N–H and O–H groups in total. The van der Waals surface area contributed by atoms with E-state index in [9.17, 15) is 0 Å². The summed E-state index contributed by atoms with van der Waals surface area (Å²) >= 11 is 0. The van der Waals surface area contributed by atoms with E-state index in [0.29, 0.717) is 12.5 Å². The lowest BCUT2D eigenvalue weighted by Gasteiger charge is -2.08. The molecule has 0 spiro atoms. The molecule has 3 nitrogen and oxygen atoms in total. The van der Waals surface area contributed by atoms with Crippen LogP contribution in [0, 0.1) is 0 Å². The van der Waals surface area contributed by atoms with Crippen LogP contribution in [0.5, 0.6) is 0 Å². The van der Waals surface area contributed by atoms with E-state index < -0.39 is 0 Å². The van der Waals surface area contributed by atoms with Gasteiger partial charge in [0.15, 0.2) is 0 Å². The number of hydrogen-bond acceptors (Lipinski definition) is 2. The predicted molar refractivity (Wildman–Crippen MR) is 52.7 cm³/mol. The normalized spacial score (nSPS) is 13.4. The highest BCUT2D eigenvalue weighted by Crippen LogP contribution is 2.14. The molecule has 2 aromatic rings. The van der Waals surface area contributed by atoms with Crippen LogP contribution in [-0.2, 0) is 0 Å². The van der Waals surface area contributed by atoms with Crippen LogP contribution in [-0.4, -0.2) is 16.2 Å². The molecule has 0 fully saturated rings. The van der Waals surface area contributed by atoms with Gasteiger partial charge in [-0.25, -0.2) is 4.52 Å². The molecule has 68 valence electrons. The molecule has 1 atom stereocenters. The van der Waals surface area contributed by atoms with Gasteiger partial charge in [-0.15, -0.1) is 0 Å². The number of hydrogen-bond donors (Lipinski definition) is 1. The molecular weight excluding hydrogens is 162 g/mol. The second-order valence-electron chi connectivity index (χ2n) is 3.30. The van der Waals surface area contributed by atoms with Crippen molar-refractivity contribution in [3.05, 3.63) is 36.2 Å². The van der Waals surface area contributed by atoms with Gasteiger partial charge in [-0.1, -0.05) is 13.0 Å². The quantitative estimate of drug-likeness (QED) is 0.749. The first-order chi connectivity index (χ1) is 6.31. The van der Waals surface area contributed by atoms with Crippen LogP contribution in [0.1, 0.15) is 18.4 Å². The molecular formula is C10H13N3. The Kier molecular flexibility index (Phi) is 2.02. The van der Waals surface area contributed by atoms with Crippen molar-refractivity contribution >= 4 is 5.52 Å². The van der Waals surface area contributed by atoms with Gasteiger partial charge < -0.3 is 5.73 Å². The molecule has 0 saturated heterocycles. The highest BCUT2D eigenvalue weighted by atomic mass is 15.2. The highest BCUT2D eigenvalue weighted by Gasteiger charge is 2.03. The Labute approximate surface area is 77.2 Å². The maximum atomic E-state index is 5.59. The fourth-order valence-electron chi connectivity index (χ4n) is 1.36. The number of aromatic nitrogens is 2. The lowest BCUT2D eigenvalue weighted by Crippen LogP contribution is -2.09. The Morgan fingerprint density at radius 3 is 3.08 bits per heavy atom. The zero-order valence-electron chi connectivity index (χ0n) is 7.64. The molecule has 2 rings (SSSR count). The van der Waals surface area contributed by atoms with Crippen molar-refractivity contribution in [3.8, 4) is 0 Å². The summed E-state index contributed by atoms with van der Waals surface area (Å²) in [6.07, 6.45) is 3.83. The summed E-state index contributed by atoms with van der Waals surface area (Å²) in [5, 5.41) is 4.17. The first kappa shape index (κ1) is 8.26. The smallest absolute Gasteiger partial charge is 0.0661 e. The molecule has 0 aliphatic heterocycles. The number of fused-ring (bicyclic) bond motifs is 1. The van der Waals surface area contributed by atoms with E-state index in [1.54, 1.807) is 6.20 Å². The molecule has 0 aliphatic rings. The van der Waals surface area contributed by atoms with Crippen LogP contribution in [0.4, 0.5) is 0 Å². The van der Waals surface area contributed by atoms with Gasteiger partial charge in [0.1, 0.15) is 0 Å². The SMILES string of the molecule is CC(CN)c1ccc2ccnn2c1. The summed E-state index contributed by atoms with van der Waals surface area (Å²) in [7, 11) is 0. The van der Waals surface area contributed by atoms with Crippen LogP contribution in [0.15, 0.2) is 30.6 Å². The van der Waals surface area contributed by atoms with Gasteiger partial charge in [-0.3, -0.25) is 0 Å². The molecule has 3 heteroatoms. The number of rotatable bonds is 2. The van der Waals surface area contributed by atoms with Crippen molar-refractivity contribution in [1.29, 1.82) is 0 Å². The van der Waals surface area contributed by atoms with Crippen molar-refractivity contribution in [1.82, 2.24) is 9.61 Å². The highest BCUT2D eigenvalue weighted by molar-refractivity contribution is 5.46. The fourth-order valence-corrected chi connectivity index (χ4v) is 1.36. The number of nitrogens with two attached hydrogens (primary N) is 1. The van der Waals surface area contributed by atoms with Crippen LogP contribution in [0.25, 0.3) is 5.52 Å². The van der Waals surface area contributed by atoms with E-state index in [2.05, 4.69) is 24.2 Å². The van der Waals surface area contributed by atoms with E-state index in [1.165, 1.54) is 5.56 Å². The second kappa shape index (κ2) is 3.18. The van der Waals surface area contributed by atoms with E-state index in [4.69, 9.17) is 5.73 Å². The minimum absolute atomic E-state index is 0.397. The third kappa shape index (κ3) is 1.42. The molecule has 0 radical (unpaired) electrons. The summed E-state index contributed by atoms with van der Waals surface area (Å²) in [5.41, 5.74) is 7.95. The molecule has 1 unspecified atom stereocenters. The zero-order chi connectivity index (χ0) is 9.26. The summed E-state index contributed by atoms with van der Waals surface area (Å²) in [6.45, 7) is 2.79. The van der Waals surface area contributed by atoms with Gasteiger partial charge in [0, 0.05) is 12.4 Å². The van der Waals surface area contributed by atoms with Gasteiger partial charge in [0.05, 0.1) is 5.52 Å². The van der Waals surface area contributed by atoms with E-state index in [0.717, 1.165) is 5.52 Å². The lowest BCUT2D eigenvalue weighted by atomic mass is 10.0. The molecule has 0 amide bonds. The Morgan fingerprint density at radius 2 is 2.31 bits per heavy atom. The third-order valence-electron chi connectivity index (χ3n) is 2.34. The van der Waals surface area contributed by atoms with Crippen molar-refractivity contribution < 1.29 is 0 Å². The monoisotopic (exact) mass is 175 g/mol. The molecule has 13 heavy (non-hydrogen) atoms. The molecule has 0 aromatic carbocycles. The van der Waals surface area contributed by atoms with Crippen LogP contribution < -0.4 is 5.73 Å². The summed E-state index contributed by atoms with van der Waals surface area (Å²) in [6, 6.07) is 6.15. The molecule has 2 heterocycles. The Bertz CT molecular complexity index is 405. The summed E-state index contributed by atoms with van der Waals surface area (Å²) in [4.78, 5) is 0. The maximum Gasteiger partial charge on any atom is 0.0661 e. The first-order valence-electron chi connectivity index (χ1n) is 4.44. The van der Waals surface area contributed by atoms with Gasteiger partial charge >= 0.3 is 0 Å². The van der Waals surface area contributed by atoms with E-state index >= 15 is 0 Å². The average molecular weight is 175 g/mol. The first-order valence-corrected chi connectivity index (χ1v) is 4.44. The fraction of sp³-hybridized carbons (Fsp3) is 0.300. The molecule has 2 aromatic heterocycles. The number of pyridine rings is 1. The largest absolute Gasteiger partial charge is 0.330 e. The van der Waals surface area contributed by atoms with E-state index in [1.807, 2.05) is 16.8 Å². The van der Waals surface area contributed by atoms with Crippen LogP contribution >= 0.6 is 0 Å². The third-order valence-corrected chi connectivity index (χ3v) is 2.34.